The van der Waals surface area contributed by atoms with Crippen LogP contribution in [0.15, 0.2) is 24.2 Å². The molecule has 4 heteroatoms. The Morgan fingerprint density at radius 1 is 1.92 bits per heavy atom. The SMILES string of the molecule is C=CC(=O)NC(C)c1cnsc1. The summed E-state index contributed by atoms with van der Waals surface area (Å²) in [5, 5.41) is 4.65. The van der Waals surface area contributed by atoms with Crippen LogP contribution in [0, 0.1) is 0 Å². The Morgan fingerprint density at radius 3 is 3.17 bits per heavy atom. The van der Waals surface area contributed by atoms with Crippen LogP contribution >= 0.6 is 11.5 Å². The summed E-state index contributed by atoms with van der Waals surface area (Å²) in [7, 11) is 0. The molecule has 3 nitrogen and oxygen atoms in total. The van der Waals surface area contributed by atoms with Crippen LogP contribution in [0.1, 0.15) is 18.5 Å². The van der Waals surface area contributed by atoms with Crippen molar-refractivity contribution in [2.45, 2.75) is 13.0 Å². The van der Waals surface area contributed by atoms with Crippen molar-refractivity contribution in [3.63, 3.8) is 0 Å². The van der Waals surface area contributed by atoms with Gasteiger partial charge in [0.05, 0.1) is 6.04 Å². The van der Waals surface area contributed by atoms with E-state index in [4.69, 9.17) is 0 Å². The Balaban J connectivity index is 2.55. The van der Waals surface area contributed by atoms with E-state index in [0.717, 1.165) is 5.56 Å². The van der Waals surface area contributed by atoms with Gasteiger partial charge in [-0.05, 0) is 24.5 Å². The van der Waals surface area contributed by atoms with Gasteiger partial charge in [-0.3, -0.25) is 4.79 Å². The minimum absolute atomic E-state index is 0.00856. The highest BCUT2D eigenvalue weighted by molar-refractivity contribution is 7.03. The maximum atomic E-state index is 10.9. The Kier molecular flexibility index (Phi) is 2.99. The molecule has 64 valence electrons. The molecule has 0 aliphatic rings. The molecule has 1 rings (SSSR count). The largest absolute Gasteiger partial charge is 0.346 e. The Morgan fingerprint density at radius 2 is 2.67 bits per heavy atom. The molecule has 1 heterocycles. The molecule has 0 fully saturated rings. The molecule has 1 aromatic rings. The highest BCUT2D eigenvalue weighted by Gasteiger charge is 2.07. The average Bonchev–Trinajstić information content (AvgIpc) is 2.56. The third kappa shape index (κ3) is 2.17. The van der Waals surface area contributed by atoms with Gasteiger partial charge in [0.15, 0.2) is 0 Å². The van der Waals surface area contributed by atoms with Crippen molar-refractivity contribution in [3.8, 4) is 0 Å². The lowest BCUT2D eigenvalue weighted by Crippen LogP contribution is -2.23. The Hall–Kier alpha value is -1.16. The summed E-state index contributed by atoms with van der Waals surface area (Å²) in [4.78, 5) is 10.9. The zero-order chi connectivity index (χ0) is 8.97. The van der Waals surface area contributed by atoms with Crippen LogP contribution in [-0.2, 0) is 4.79 Å². The Labute approximate surface area is 75.3 Å². The third-order valence-electron chi connectivity index (χ3n) is 1.50. The second kappa shape index (κ2) is 4.01. The van der Waals surface area contributed by atoms with E-state index < -0.39 is 0 Å². The van der Waals surface area contributed by atoms with Crippen LogP contribution < -0.4 is 5.32 Å². The van der Waals surface area contributed by atoms with Crippen molar-refractivity contribution in [2.24, 2.45) is 0 Å². The number of hydrogen-bond acceptors (Lipinski definition) is 3. The molecule has 1 amide bonds. The van der Waals surface area contributed by atoms with Crippen LogP contribution in [0.25, 0.3) is 0 Å². The highest BCUT2D eigenvalue weighted by Crippen LogP contribution is 2.12. The second-order valence-corrected chi connectivity index (χ2v) is 3.05. The monoisotopic (exact) mass is 182 g/mol. The molecule has 0 bridgehead atoms. The zero-order valence-corrected chi connectivity index (χ0v) is 7.60. The summed E-state index contributed by atoms with van der Waals surface area (Å²) >= 11 is 1.38. The van der Waals surface area contributed by atoms with E-state index in [1.807, 2.05) is 12.3 Å². The zero-order valence-electron chi connectivity index (χ0n) is 6.78. The maximum Gasteiger partial charge on any atom is 0.243 e. The van der Waals surface area contributed by atoms with Crippen LogP contribution in [0.4, 0.5) is 0 Å². The van der Waals surface area contributed by atoms with Crippen molar-refractivity contribution < 1.29 is 4.79 Å². The summed E-state index contributed by atoms with van der Waals surface area (Å²) in [6.07, 6.45) is 3.01. The van der Waals surface area contributed by atoms with Crippen molar-refractivity contribution >= 4 is 17.4 Å². The first kappa shape index (κ1) is 8.93. The van der Waals surface area contributed by atoms with Crippen molar-refractivity contribution in [1.82, 2.24) is 9.69 Å². The second-order valence-electron chi connectivity index (χ2n) is 2.39. The minimum atomic E-state index is -0.159. The predicted octanol–water partition coefficient (Wildman–Crippen LogP) is 1.51. The summed E-state index contributed by atoms with van der Waals surface area (Å²) in [6.45, 7) is 5.28. The fourth-order valence-electron chi connectivity index (χ4n) is 0.783. The van der Waals surface area contributed by atoms with Crippen molar-refractivity contribution in [1.29, 1.82) is 0 Å². The molecular weight excluding hydrogens is 172 g/mol. The molecule has 0 aromatic carbocycles. The number of carbonyl (C=O) groups is 1. The van der Waals surface area contributed by atoms with Crippen LogP contribution in [0.2, 0.25) is 0 Å². The van der Waals surface area contributed by atoms with Crippen LogP contribution in [-0.4, -0.2) is 10.3 Å². The van der Waals surface area contributed by atoms with E-state index in [-0.39, 0.29) is 11.9 Å². The predicted molar refractivity (Wildman–Crippen MR) is 48.9 cm³/mol. The molecule has 1 N–H and O–H groups in total. The van der Waals surface area contributed by atoms with Gasteiger partial charge in [0.1, 0.15) is 0 Å². The molecule has 0 saturated heterocycles. The van der Waals surface area contributed by atoms with Gasteiger partial charge < -0.3 is 5.32 Å². The Bertz CT molecular complexity index is 269. The first-order chi connectivity index (χ1) is 5.74. The first-order valence-corrected chi connectivity index (χ1v) is 4.40. The molecule has 1 atom stereocenters. The van der Waals surface area contributed by atoms with Crippen molar-refractivity contribution in [3.05, 3.63) is 29.8 Å². The van der Waals surface area contributed by atoms with E-state index in [9.17, 15) is 4.79 Å². The van der Waals surface area contributed by atoms with E-state index in [1.165, 1.54) is 17.6 Å². The number of rotatable bonds is 3. The number of carbonyl (C=O) groups excluding carboxylic acids is 1. The number of nitrogens with one attached hydrogen (secondary N) is 1. The molecular formula is C8H10N2OS. The van der Waals surface area contributed by atoms with E-state index in [2.05, 4.69) is 16.3 Å². The first-order valence-electron chi connectivity index (χ1n) is 3.56. The minimum Gasteiger partial charge on any atom is -0.346 e. The summed E-state index contributed by atoms with van der Waals surface area (Å²) in [5.41, 5.74) is 1.02. The van der Waals surface area contributed by atoms with Gasteiger partial charge >= 0.3 is 0 Å². The van der Waals surface area contributed by atoms with Gasteiger partial charge in [-0.1, -0.05) is 6.58 Å². The van der Waals surface area contributed by atoms with Gasteiger partial charge in [-0.25, -0.2) is 4.37 Å². The highest BCUT2D eigenvalue weighted by atomic mass is 32.1. The summed E-state index contributed by atoms with van der Waals surface area (Å²) in [5.74, 6) is -0.159. The molecule has 12 heavy (non-hydrogen) atoms. The lowest BCUT2D eigenvalue weighted by atomic mass is 10.2. The number of nitrogens with zero attached hydrogens (tertiary/aromatic N) is 1. The molecule has 0 aliphatic heterocycles. The average molecular weight is 182 g/mol. The molecule has 0 aliphatic carbocycles. The van der Waals surface area contributed by atoms with Crippen LogP contribution in [0.3, 0.4) is 0 Å². The number of aromatic nitrogens is 1. The standard InChI is InChI=1S/C8H10N2OS/c1-3-8(11)10-6(2)7-4-9-12-5-7/h3-6H,1H2,2H3,(H,10,11). The normalized spacial score (nSPS) is 12.1. The van der Waals surface area contributed by atoms with E-state index >= 15 is 0 Å². The number of amides is 1. The van der Waals surface area contributed by atoms with Crippen molar-refractivity contribution in [2.75, 3.05) is 0 Å². The number of hydrogen-bond donors (Lipinski definition) is 1. The van der Waals surface area contributed by atoms with Gasteiger partial charge in [0, 0.05) is 17.1 Å². The molecule has 1 aromatic heterocycles. The van der Waals surface area contributed by atoms with Gasteiger partial charge in [-0.15, -0.1) is 0 Å². The molecule has 0 radical (unpaired) electrons. The molecule has 1 unspecified atom stereocenters. The van der Waals surface area contributed by atoms with Gasteiger partial charge in [0.2, 0.25) is 5.91 Å². The maximum absolute atomic E-state index is 10.9. The lowest BCUT2D eigenvalue weighted by molar-refractivity contribution is -0.117. The molecule has 0 saturated carbocycles. The van der Waals surface area contributed by atoms with Gasteiger partial charge in [-0.2, -0.15) is 0 Å². The molecule has 0 spiro atoms. The van der Waals surface area contributed by atoms with E-state index in [1.54, 1.807) is 6.20 Å². The van der Waals surface area contributed by atoms with Gasteiger partial charge in [0.25, 0.3) is 0 Å². The topological polar surface area (TPSA) is 42.0 Å². The third-order valence-corrected chi connectivity index (χ3v) is 2.10. The van der Waals surface area contributed by atoms with E-state index in [0.29, 0.717) is 0 Å². The smallest absolute Gasteiger partial charge is 0.243 e. The summed E-state index contributed by atoms with van der Waals surface area (Å²) in [6, 6.07) is 0.00856. The fraction of sp³-hybridized carbons (Fsp3) is 0.250. The quantitative estimate of drug-likeness (QED) is 0.720. The lowest BCUT2D eigenvalue weighted by Gasteiger charge is -2.09. The summed E-state index contributed by atoms with van der Waals surface area (Å²) < 4.78 is 3.94. The fourth-order valence-corrected chi connectivity index (χ4v) is 1.41. The van der Waals surface area contributed by atoms with Crippen LogP contribution in [0.5, 0.6) is 0 Å².